The number of carboxylic acid groups (broad SMARTS) is 2. The van der Waals surface area contributed by atoms with Crippen molar-refractivity contribution in [2.24, 2.45) is 0 Å². The van der Waals surface area contributed by atoms with E-state index in [4.69, 9.17) is 20.4 Å². The normalized spacial score (nSPS) is 9.71. The number of rotatable bonds is 4. The minimum absolute atomic E-state index is 0.0203. The Morgan fingerprint density at radius 2 is 0.750 bits per heavy atom. The minimum atomic E-state index is -1.22. The highest BCUT2D eigenvalue weighted by atomic mass is 19.1. The maximum absolute atomic E-state index is 13.0. The van der Waals surface area contributed by atoms with E-state index in [1.165, 1.54) is 34.1 Å². The molecule has 0 aliphatic rings. The quantitative estimate of drug-likeness (QED) is 0.189. The number of phenols is 2. The van der Waals surface area contributed by atoms with Gasteiger partial charge in [-0.15, -0.1) is 0 Å². The van der Waals surface area contributed by atoms with Crippen LogP contribution in [-0.4, -0.2) is 82.2 Å². The Balaban J connectivity index is 0.000000321. The molecule has 0 heterocycles. The van der Waals surface area contributed by atoms with Gasteiger partial charge in [0, 0.05) is 39.3 Å². The summed E-state index contributed by atoms with van der Waals surface area (Å²) in [6.45, 7) is 3.25. The molecule has 0 atom stereocenters. The van der Waals surface area contributed by atoms with Gasteiger partial charge in [-0.1, -0.05) is 12.1 Å². The number of aryl methyl sites for hydroxylation is 2. The van der Waals surface area contributed by atoms with Gasteiger partial charge >= 0.3 is 11.9 Å². The molecule has 10 nitrogen and oxygen atoms in total. The van der Waals surface area contributed by atoms with Crippen molar-refractivity contribution in [1.82, 2.24) is 9.80 Å². The number of amides is 2. The van der Waals surface area contributed by atoms with E-state index < -0.39 is 40.9 Å². The molecule has 256 valence electrons. The lowest BCUT2D eigenvalue weighted by Crippen LogP contribution is -2.21. The fourth-order valence-electron chi connectivity index (χ4n) is 3.25. The Bertz CT molecular complexity index is 1650. The van der Waals surface area contributed by atoms with Gasteiger partial charge in [-0.3, -0.25) is 9.59 Å². The number of aromatic carboxylic acids is 2. The first-order chi connectivity index (χ1) is 22.3. The second-order valence-electron chi connectivity index (χ2n) is 10.3. The molecule has 2 amide bonds. The Morgan fingerprint density at radius 3 is 1.06 bits per heavy atom. The summed E-state index contributed by atoms with van der Waals surface area (Å²) in [5, 5.41) is 34.3. The molecule has 0 saturated carbocycles. The number of hydrogen-bond acceptors (Lipinski definition) is 6. The molecule has 0 radical (unpaired) electrons. The number of aromatic hydroxyl groups is 2. The van der Waals surface area contributed by atoms with E-state index in [0.29, 0.717) is 16.7 Å². The van der Waals surface area contributed by atoms with Crippen molar-refractivity contribution in [3.63, 3.8) is 0 Å². The first-order valence-electron chi connectivity index (χ1n) is 13.7. The van der Waals surface area contributed by atoms with Gasteiger partial charge in [-0.05, 0) is 85.6 Å². The summed E-state index contributed by atoms with van der Waals surface area (Å²) >= 11 is 0. The van der Waals surface area contributed by atoms with E-state index in [1.807, 2.05) is 0 Å². The third-order valence-electron chi connectivity index (χ3n) is 6.04. The maximum atomic E-state index is 13.0. The Morgan fingerprint density at radius 1 is 0.479 bits per heavy atom. The zero-order valence-electron chi connectivity index (χ0n) is 26.8. The van der Waals surface area contributed by atoms with Crippen LogP contribution in [0.25, 0.3) is 0 Å². The number of carboxylic acids is 2. The zero-order valence-corrected chi connectivity index (χ0v) is 26.8. The van der Waals surface area contributed by atoms with Crippen molar-refractivity contribution in [1.29, 1.82) is 0 Å². The summed E-state index contributed by atoms with van der Waals surface area (Å²) in [6, 6.07) is 14.8. The predicted molar refractivity (Wildman–Crippen MR) is 168 cm³/mol. The highest BCUT2D eigenvalue weighted by Crippen LogP contribution is 2.17. The van der Waals surface area contributed by atoms with E-state index in [0.717, 1.165) is 36.4 Å². The van der Waals surface area contributed by atoms with Crippen LogP contribution in [0.1, 0.15) is 52.6 Å². The third kappa shape index (κ3) is 12.5. The molecule has 0 unspecified atom stereocenters. The van der Waals surface area contributed by atoms with Crippen LogP contribution in [0.4, 0.5) is 17.6 Å². The molecule has 4 rings (SSSR count). The first kappa shape index (κ1) is 40.1. The lowest BCUT2D eigenvalue weighted by atomic mass is 10.1. The Hall–Kier alpha value is -5.92. The number of carbonyl (C=O) groups excluding carboxylic acids is 2. The molecule has 0 aliphatic heterocycles. The van der Waals surface area contributed by atoms with Gasteiger partial charge in [0.15, 0.2) is 23.1 Å². The van der Waals surface area contributed by atoms with Crippen molar-refractivity contribution in [3.8, 4) is 11.5 Å². The molecule has 0 aromatic heterocycles. The molecule has 0 saturated heterocycles. The maximum Gasteiger partial charge on any atom is 0.335 e. The highest BCUT2D eigenvalue weighted by molar-refractivity contribution is 5.94. The summed E-state index contributed by atoms with van der Waals surface area (Å²) in [6.07, 6.45) is 0. The van der Waals surface area contributed by atoms with Gasteiger partial charge < -0.3 is 30.2 Å². The fraction of sp³-hybridized carbons (Fsp3) is 0.176. The third-order valence-corrected chi connectivity index (χ3v) is 6.04. The average Bonchev–Trinajstić information content (AvgIpc) is 3.02. The SMILES string of the molecule is CN(C)C(=O)c1ccc(O)c(F)c1.Cc1ccc(C(=O)N(C)C)cc1F.Cc1ccc(C(=O)O)cc1F.O=C(O)c1ccc(O)c(F)c1. The number of phenolic OH excluding ortho intramolecular Hbond substituents is 2. The molecular formula is C34H34F4N2O8. The molecule has 4 N–H and O–H groups in total. The average molecular weight is 675 g/mol. The van der Waals surface area contributed by atoms with Gasteiger partial charge in [-0.25, -0.2) is 27.2 Å². The number of nitrogens with zero attached hydrogens (tertiary/aromatic N) is 2. The standard InChI is InChI=1S/C10H12FNO.C9H10FNO2.C8H7FO2.C7H5FO3/c1-7-4-5-8(6-9(7)11)10(13)12(2)3;1-11(2)9(13)6-3-4-8(12)7(10)5-6;1-5-2-3-6(8(10)11)4-7(5)9;8-5-3-4(7(10)11)1-2-6(5)9/h4-6H,1-3H3;3-5,12H,1-2H3;2-4H,1H3,(H,10,11);1-3,9H,(H,10,11). The lowest BCUT2D eigenvalue weighted by Gasteiger charge is -2.10. The summed E-state index contributed by atoms with van der Waals surface area (Å²) in [4.78, 5) is 45.9. The van der Waals surface area contributed by atoms with Gasteiger partial charge in [0.2, 0.25) is 0 Å². The van der Waals surface area contributed by atoms with Crippen molar-refractivity contribution in [3.05, 3.63) is 129 Å². The fourth-order valence-corrected chi connectivity index (χ4v) is 3.25. The van der Waals surface area contributed by atoms with Crippen molar-refractivity contribution < 1.29 is 57.2 Å². The Labute approximate surface area is 273 Å². The van der Waals surface area contributed by atoms with E-state index in [9.17, 15) is 36.7 Å². The van der Waals surface area contributed by atoms with Gasteiger partial charge in [0.1, 0.15) is 11.6 Å². The predicted octanol–water partition coefficient (Wildman–Crippen LogP) is 6.13. The monoisotopic (exact) mass is 674 g/mol. The van der Waals surface area contributed by atoms with Crippen molar-refractivity contribution in [2.75, 3.05) is 28.2 Å². The number of hydrogen-bond donors (Lipinski definition) is 4. The Kier molecular flexibility index (Phi) is 15.3. The van der Waals surface area contributed by atoms with E-state index in [1.54, 1.807) is 54.2 Å². The van der Waals surface area contributed by atoms with Crippen LogP contribution >= 0.6 is 0 Å². The molecule has 48 heavy (non-hydrogen) atoms. The second kappa shape index (κ2) is 18.3. The first-order valence-corrected chi connectivity index (χ1v) is 13.7. The number of benzene rings is 4. The van der Waals surface area contributed by atoms with Crippen LogP contribution in [0.15, 0.2) is 72.8 Å². The molecule has 0 bridgehead atoms. The highest BCUT2D eigenvalue weighted by Gasteiger charge is 2.11. The van der Waals surface area contributed by atoms with Crippen LogP contribution in [0.2, 0.25) is 0 Å². The summed E-state index contributed by atoms with van der Waals surface area (Å²) in [5.74, 6) is -6.33. The van der Waals surface area contributed by atoms with E-state index in [2.05, 4.69) is 0 Å². The molecule has 4 aromatic carbocycles. The second-order valence-corrected chi connectivity index (χ2v) is 10.3. The minimum Gasteiger partial charge on any atom is -0.505 e. The van der Waals surface area contributed by atoms with Crippen LogP contribution in [-0.2, 0) is 0 Å². The van der Waals surface area contributed by atoms with Gasteiger partial charge in [0.05, 0.1) is 11.1 Å². The van der Waals surface area contributed by atoms with Crippen molar-refractivity contribution >= 4 is 23.8 Å². The van der Waals surface area contributed by atoms with Gasteiger partial charge in [0.25, 0.3) is 11.8 Å². The summed E-state index contributed by atoms with van der Waals surface area (Å²) < 4.78 is 50.9. The largest absolute Gasteiger partial charge is 0.505 e. The van der Waals surface area contributed by atoms with Gasteiger partial charge in [-0.2, -0.15) is 0 Å². The van der Waals surface area contributed by atoms with Crippen LogP contribution in [0.3, 0.4) is 0 Å². The van der Waals surface area contributed by atoms with E-state index in [-0.39, 0.29) is 34.3 Å². The summed E-state index contributed by atoms with van der Waals surface area (Å²) in [5.41, 5.74) is 1.41. The topological polar surface area (TPSA) is 156 Å². The molecule has 0 spiro atoms. The van der Waals surface area contributed by atoms with E-state index >= 15 is 0 Å². The number of carbonyl (C=O) groups is 4. The lowest BCUT2D eigenvalue weighted by molar-refractivity contribution is 0.0685. The smallest absolute Gasteiger partial charge is 0.335 e. The molecule has 14 heteroatoms. The van der Waals surface area contributed by atoms with Crippen LogP contribution < -0.4 is 0 Å². The summed E-state index contributed by atoms with van der Waals surface area (Å²) in [7, 11) is 6.43. The number of halogens is 4. The van der Waals surface area contributed by atoms with Crippen molar-refractivity contribution in [2.45, 2.75) is 13.8 Å². The molecule has 0 aliphatic carbocycles. The molecular weight excluding hydrogens is 640 g/mol. The van der Waals surface area contributed by atoms with Crippen LogP contribution in [0, 0.1) is 37.1 Å². The zero-order chi connectivity index (χ0) is 36.9. The molecule has 0 fully saturated rings. The van der Waals surface area contributed by atoms with Crippen LogP contribution in [0.5, 0.6) is 11.5 Å². The molecule has 4 aromatic rings.